The highest BCUT2D eigenvalue weighted by Crippen LogP contribution is 2.27. The molecule has 1 rings (SSSR count). The molecule has 0 saturated heterocycles. The molecule has 0 radical (unpaired) electrons. The summed E-state index contributed by atoms with van der Waals surface area (Å²) >= 11 is 0. The molecule has 5 nitrogen and oxygen atoms in total. The topological polar surface area (TPSA) is 59.6 Å². The second-order valence-corrected chi connectivity index (χ2v) is 4.76. The van der Waals surface area contributed by atoms with Gasteiger partial charge in [-0.15, -0.1) is 0 Å². The van der Waals surface area contributed by atoms with Crippen LogP contribution in [-0.2, 0) is 11.3 Å². The largest absolute Gasteiger partial charge is 0.493 e. The van der Waals surface area contributed by atoms with E-state index in [1.54, 1.807) is 7.11 Å². The van der Waals surface area contributed by atoms with Gasteiger partial charge in [-0.1, -0.05) is 26.3 Å². The number of ether oxygens (including phenoxy) is 2. The Kier molecular flexibility index (Phi) is 8.28. The molecule has 0 aliphatic heterocycles. The van der Waals surface area contributed by atoms with E-state index in [0.717, 1.165) is 31.5 Å². The third-order valence-corrected chi connectivity index (χ3v) is 3.02. The number of rotatable bonds is 10. The Hall–Kier alpha value is -1.75. The number of methoxy groups -OCH3 is 1. The van der Waals surface area contributed by atoms with Gasteiger partial charge in [0.25, 0.3) is 5.91 Å². The zero-order valence-electron chi connectivity index (χ0n) is 13.2. The summed E-state index contributed by atoms with van der Waals surface area (Å²) < 4.78 is 10.8. The first kappa shape index (κ1) is 17.3. The van der Waals surface area contributed by atoms with Gasteiger partial charge in [-0.2, -0.15) is 0 Å². The van der Waals surface area contributed by atoms with E-state index in [1.165, 1.54) is 0 Å². The van der Waals surface area contributed by atoms with Crippen LogP contribution in [0.2, 0.25) is 0 Å². The molecule has 0 bridgehead atoms. The SMILES string of the molecule is CCCCNC(=O)COc1cc(CNCC)ccc1OC. The first-order valence-corrected chi connectivity index (χ1v) is 7.48. The summed E-state index contributed by atoms with van der Waals surface area (Å²) in [5.41, 5.74) is 1.10. The molecule has 0 unspecified atom stereocenters. The molecule has 1 aromatic rings. The summed E-state index contributed by atoms with van der Waals surface area (Å²) in [6, 6.07) is 5.74. The summed E-state index contributed by atoms with van der Waals surface area (Å²) in [7, 11) is 1.59. The molecule has 0 saturated carbocycles. The van der Waals surface area contributed by atoms with E-state index in [4.69, 9.17) is 9.47 Å². The number of carbonyl (C=O) groups is 1. The average Bonchev–Trinajstić information content (AvgIpc) is 2.51. The molecule has 2 N–H and O–H groups in total. The minimum absolute atomic E-state index is 0.00470. The van der Waals surface area contributed by atoms with Crippen molar-refractivity contribution >= 4 is 5.91 Å². The lowest BCUT2D eigenvalue weighted by atomic mass is 10.2. The number of nitrogens with one attached hydrogen (secondary N) is 2. The fourth-order valence-electron chi connectivity index (χ4n) is 1.81. The van der Waals surface area contributed by atoms with Gasteiger partial charge in [0.2, 0.25) is 0 Å². The number of benzene rings is 1. The van der Waals surface area contributed by atoms with Crippen LogP contribution >= 0.6 is 0 Å². The van der Waals surface area contributed by atoms with Crippen LogP contribution in [0.25, 0.3) is 0 Å². The Morgan fingerprint density at radius 1 is 1.24 bits per heavy atom. The fourth-order valence-corrected chi connectivity index (χ4v) is 1.81. The Bertz CT molecular complexity index is 436. The molecule has 0 fully saturated rings. The minimum atomic E-state index is -0.109. The van der Waals surface area contributed by atoms with E-state index < -0.39 is 0 Å². The van der Waals surface area contributed by atoms with Crippen molar-refractivity contribution in [2.24, 2.45) is 0 Å². The smallest absolute Gasteiger partial charge is 0.257 e. The Labute approximate surface area is 127 Å². The van der Waals surface area contributed by atoms with E-state index in [0.29, 0.717) is 18.0 Å². The summed E-state index contributed by atoms with van der Waals surface area (Å²) in [4.78, 5) is 11.7. The average molecular weight is 294 g/mol. The van der Waals surface area contributed by atoms with E-state index in [-0.39, 0.29) is 12.5 Å². The monoisotopic (exact) mass is 294 g/mol. The molecule has 0 heterocycles. The van der Waals surface area contributed by atoms with Crippen molar-refractivity contribution in [2.75, 3.05) is 26.8 Å². The van der Waals surface area contributed by atoms with Crippen molar-refractivity contribution in [3.05, 3.63) is 23.8 Å². The molecule has 118 valence electrons. The zero-order chi connectivity index (χ0) is 15.5. The fraction of sp³-hybridized carbons (Fsp3) is 0.562. The predicted octanol–water partition coefficient (Wildman–Crippen LogP) is 2.10. The third-order valence-electron chi connectivity index (χ3n) is 3.02. The van der Waals surface area contributed by atoms with Gasteiger partial charge in [-0.05, 0) is 30.7 Å². The van der Waals surface area contributed by atoms with Crippen molar-refractivity contribution in [2.45, 2.75) is 33.2 Å². The van der Waals surface area contributed by atoms with Crippen LogP contribution in [0.1, 0.15) is 32.3 Å². The molecular formula is C16H26N2O3. The highest BCUT2D eigenvalue weighted by Gasteiger charge is 2.08. The van der Waals surface area contributed by atoms with Gasteiger partial charge >= 0.3 is 0 Å². The quantitative estimate of drug-likeness (QED) is 0.649. The van der Waals surface area contributed by atoms with E-state index in [1.807, 2.05) is 18.2 Å². The van der Waals surface area contributed by atoms with Gasteiger partial charge in [-0.3, -0.25) is 4.79 Å². The Morgan fingerprint density at radius 3 is 2.71 bits per heavy atom. The highest BCUT2D eigenvalue weighted by atomic mass is 16.5. The van der Waals surface area contributed by atoms with E-state index in [9.17, 15) is 4.79 Å². The number of unbranched alkanes of at least 4 members (excludes halogenated alkanes) is 1. The minimum Gasteiger partial charge on any atom is -0.493 e. The molecule has 0 aromatic heterocycles. The summed E-state index contributed by atoms with van der Waals surface area (Å²) in [5.74, 6) is 1.12. The van der Waals surface area contributed by atoms with Crippen LogP contribution in [0.15, 0.2) is 18.2 Å². The van der Waals surface area contributed by atoms with Gasteiger partial charge in [0.1, 0.15) is 0 Å². The van der Waals surface area contributed by atoms with Crippen molar-refractivity contribution in [1.82, 2.24) is 10.6 Å². The van der Waals surface area contributed by atoms with Crippen LogP contribution < -0.4 is 20.1 Å². The van der Waals surface area contributed by atoms with Gasteiger partial charge in [-0.25, -0.2) is 0 Å². The number of carbonyl (C=O) groups excluding carboxylic acids is 1. The first-order valence-electron chi connectivity index (χ1n) is 7.48. The lowest BCUT2D eigenvalue weighted by molar-refractivity contribution is -0.123. The van der Waals surface area contributed by atoms with Crippen LogP contribution in [0.5, 0.6) is 11.5 Å². The van der Waals surface area contributed by atoms with E-state index in [2.05, 4.69) is 24.5 Å². The standard InChI is InChI=1S/C16H26N2O3/c1-4-6-9-18-16(19)12-21-15-10-13(11-17-5-2)7-8-14(15)20-3/h7-8,10,17H,4-6,9,11-12H2,1-3H3,(H,18,19). The maximum absolute atomic E-state index is 11.7. The van der Waals surface area contributed by atoms with Crippen LogP contribution in [-0.4, -0.2) is 32.7 Å². The molecule has 5 heteroatoms. The van der Waals surface area contributed by atoms with Crippen molar-refractivity contribution in [3.63, 3.8) is 0 Å². The van der Waals surface area contributed by atoms with Gasteiger partial charge in [0.05, 0.1) is 7.11 Å². The van der Waals surface area contributed by atoms with E-state index >= 15 is 0 Å². The van der Waals surface area contributed by atoms with Crippen LogP contribution in [0.4, 0.5) is 0 Å². The van der Waals surface area contributed by atoms with Crippen molar-refractivity contribution < 1.29 is 14.3 Å². The normalized spacial score (nSPS) is 10.2. The molecule has 0 aliphatic rings. The molecule has 0 spiro atoms. The predicted molar refractivity (Wildman–Crippen MR) is 83.8 cm³/mol. The molecule has 21 heavy (non-hydrogen) atoms. The van der Waals surface area contributed by atoms with Crippen molar-refractivity contribution in [1.29, 1.82) is 0 Å². The molecular weight excluding hydrogens is 268 g/mol. The van der Waals surface area contributed by atoms with Crippen molar-refractivity contribution in [3.8, 4) is 11.5 Å². The van der Waals surface area contributed by atoms with Crippen LogP contribution in [0, 0.1) is 0 Å². The maximum Gasteiger partial charge on any atom is 0.257 e. The maximum atomic E-state index is 11.7. The summed E-state index contributed by atoms with van der Waals surface area (Å²) in [6.07, 6.45) is 2.04. The second kappa shape index (κ2) is 10.0. The molecule has 1 aromatic carbocycles. The van der Waals surface area contributed by atoms with Gasteiger partial charge in [0.15, 0.2) is 18.1 Å². The molecule has 0 aliphatic carbocycles. The molecule has 1 amide bonds. The van der Waals surface area contributed by atoms with Gasteiger partial charge in [0, 0.05) is 13.1 Å². The lowest BCUT2D eigenvalue weighted by Gasteiger charge is -2.12. The van der Waals surface area contributed by atoms with Gasteiger partial charge < -0.3 is 20.1 Å². The second-order valence-electron chi connectivity index (χ2n) is 4.76. The Morgan fingerprint density at radius 2 is 2.05 bits per heavy atom. The number of hydrogen-bond donors (Lipinski definition) is 2. The summed E-state index contributed by atoms with van der Waals surface area (Å²) in [6.45, 7) is 6.51. The number of amides is 1. The number of hydrogen-bond acceptors (Lipinski definition) is 4. The lowest BCUT2D eigenvalue weighted by Crippen LogP contribution is -2.29. The zero-order valence-corrected chi connectivity index (χ0v) is 13.2. The third kappa shape index (κ3) is 6.49. The van der Waals surface area contributed by atoms with Crippen LogP contribution in [0.3, 0.4) is 0 Å². The summed E-state index contributed by atoms with van der Waals surface area (Å²) in [5, 5.41) is 6.08. The highest BCUT2D eigenvalue weighted by molar-refractivity contribution is 5.77. The Balaban J connectivity index is 2.56. The molecule has 0 atom stereocenters. The first-order chi connectivity index (χ1) is 10.2.